The average Bonchev–Trinajstić information content (AvgIpc) is 2.99. The number of hydrogen-bond donors (Lipinski definition) is 0. The van der Waals surface area contributed by atoms with Crippen molar-refractivity contribution in [2.75, 3.05) is 6.61 Å². The lowest BCUT2D eigenvalue weighted by molar-refractivity contribution is -0.137. The molecule has 0 aliphatic rings. The van der Waals surface area contributed by atoms with E-state index in [9.17, 15) is 10.1 Å². The predicted molar refractivity (Wildman–Crippen MR) is 91.3 cm³/mol. The number of benzene rings is 1. The maximum Gasteiger partial charge on any atom is 0.348 e. The van der Waals surface area contributed by atoms with E-state index in [0.29, 0.717) is 0 Å². The molecule has 0 amide bonds. The summed E-state index contributed by atoms with van der Waals surface area (Å²) >= 11 is 0. The summed E-state index contributed by atoms with van der Waals surface area (Å²) in [5.41, 5.74) is 2.70. The van der Waals surface area contributed by atoms with Crippen LogP contribution in [0.25, 0.3) is 22.7 Å². The second-order valence-electron chi connectivity index (χ2n) is 5.07. The Morgan fingerprint density at radius 3 is 2.75 bits per heavy atom. The van der Waals surface area contributed by atoms with Crippen LogP contribution in [0.1, 0.15) is 12.5 Å². The Labute approximate surface area is 139 Å². The number of hydrogen-bond acceptors (Lipinski definition) is 4. The molecular weight excluding hydrogens is 302 g/mol. The first-order chi connectivity index (χ1) is 11.7. The van der Waals surface area contributed by atoms with Gasteiger partial charge in [0.1, 0.15) is 11.6 Å². The van der Waals surface area contributed by atoms with Gasteiger partial charge >= 0.3 is 5.97 Å². The number of ether oxygens (including phenoxy) is 1. The van der Waals surface area contributed by atoms with Gasteiger partial charge in [0.15, 0.2) is 0 Å². The van der Waals surface area contributed by atoms with Crippen LogP contribution < -0.4 is 0 Å². The molecule has 5 nitrogen and oxygen atoms in total. The van der Waals surface area contributed by atoms with Crippen molar-refractivity contribution in [3.8, 4) is 11.8 Å². The third kappa shape index (κ3) is 2.90. The zero-order valence-electron chi connectivity index (χ0n) is 13.1. The molecule has 118 valence electrons. The molecule has 3 rings (SSSR count). The second-order valence-corrected chi connectivity index (χ2v) is 5.07. The standard InChI is InChI=1S/C19H15N3O2/c1-2-24-19(23)14(12-20)11-15-13-22(16-7-9-21-10-8-16)18-6-4-3-5-17(15)18/h3-11,13H,2H2,1H3/b14-11+. The van der Waals surface area contributed by atoms with Crippen molar-refractivity contribution < 1.29 is 9.53 Å². The first-order valence-corrected chi connectivity index (χ1v) is 7.54. The molecule has 0 N–H and O–H groups in total. The normalized spacial score (nSPS) is 11.2. The number of esters is 1. The monoisotopic (exact) mass is 317 g/mol. The average molecular weight is 317 g/mol. The molecule has 0 saturated heterocycles. The molecule has 1 aromatic carbocycles. The van der Waals surface area contributed by atoms with E-state index in [1.807, 2.05) is 53.2 Å². The fourth-order valence-corrected chi connectivity index (χ4v) is 2.54. The number of rotatable bonds is 4. The van der Waals surface area contributed by atoms with Crippen LogP contribution in [0.2, 0.25) is 0 Å². The van der Waals surface area contributed by atoms with E-state index in [1.54, 1.807) is 25.4 Å². The molecule has 3 aromatic rings. The van der Waals surface area contributed by atoms with Gasteiger partial charge in [-0.05, 0) is 31.2 Å². The largest absolute Gasteiger partial charge is 0.462 e. The summed E-state index contributed by atoms with van der Waals surface area (Å²) in [5.74, 6) is -0.610. The smallest absolute Gasteiger partial charge is 0.348 e. The van der Waals surface area contributed by atoms with Crippen LogP contribution in [0, 0.1) is 11.3 Å². The number of carbonyl (C=O) groups excluding carboxylic acids is 1. The van der Waals surface area contributed by atoms with Crippen molar-refractivity contribution in [1.82, 2.24) is 9.55 Å². The second kappa shape index (κ2) is 6.80. The summed E-state index contributed by atoms with van der Waals surface area (Å²) in [5, 5.41) is 10.2. The van der Waals surface area contributed by atoms with Crippen LogP contribution in [0.5, 0.6) is 0 Å². The van der Waals surface area contributed by atoms with Gasteiger partial charge in [0, 0.05) is 35.2 Å². The third-order valence-electron chi connectivity index (χ3n) is 3.60. The molecule has 0 spiro atoms. The lowest BCUT2D eigenvalue weighted by Crippen LogP contribution is -2.05. The van der Waals surface area contributed by atoms with Gasteiger partial charge < -0.3 is 9.30 Å². The molecule has 24 heavy (non-hydrogen) atoms. The molecule has 0 fully saturated rings. The van der Waals surface area contributed by atoms with Crippen molar-refractivity contribution in [2.45, 2.75) is 6.92 Å². The van der Waals surface area contributed by atoms with Gasteiger partial charge in [-0.15, -0.1) is 0 Å². The van der Waals surface area contributed by atoms with E-state index < -0.39 is 5.97 Å². The fourth-order valence-electron chi connectivity index (χ4n) is 2.54. The Balaban J connectivity index is 2.16. The van der Waals surface area contributed by atoms with Crippen LogP contribution in [0.3, 0.4) is 0 Å². The molecule has 2 heterocycles. The SMILES string of the molecule is CCOC(=O)/C(C#N)=C/c1cn(-c2ccncc2)c2ccccc12. The van der Waals surface area contributed by atoms with Crippen molar-refractivity contribution in [3.05, 3.63) is 66.1 Å². The number of pyridine rings is 1. The van der Waals surface area contributed by atoms with Gasteiger partial charge in [0.25, 0.3) is 0 Å². The molecule has 0 bridgehead atoms. The molecule has 2 aromatic heterocycles. The van der Waals surface area contributed by atoms with Crippen molar-refractivity contribution >= 4 is 22.9 Å². The van der Waals surface area contributed by atoms with E-state index in [1.165, 1.54) is 0 Å². The van der Waals surface area contributed by atoms with Crippen molar-refractivity contribution in [2.24, 2.45) is 0 Å². The number of para-hydroxylation sites is 1. The summed E-state index contributed by atoms with van der Waals surface area (Å²) in [4.78, 5) is 15.9. The van der Waals surface area contributed by atoms with Crippen LogP contribution in [-0.2, 0) is 9.53 Å². The Hall–Kier alpha value is -3.39. The topological polar surface area (TPSA) is 67.9 Å². The molecule has 0 radical (unpaired) electrons. The number of aromatic nitrogens is 2. The highest BCUT2D eigenvalue weighted by molar-refractivity contribution is 6.01. The van der Waals surface area contributed by atoms with Gasteiger partial charge in [-0.2, -0.15) is 5.26 Å². The zero-order chi connectivity index (χ0) is 16.9. The number of carbonyl (C=O) groups is 1. The first-order valence-electron chi connectivity index (χ1n) is 7.54. The minimum Gasteiger partial charge on any atom is -0.462 e. The highest BCUT2D eigenvalue weighted by Gasteiger charge is 2.13. The molecule has 5 heteroatoms. The van der Waals surface area contributed by atoms with E-state index in [4.69, 9.17) is 4.74 Å². The van der Waals surface area contributed by atoms with Gasteiger partial charge in [-0.1, -0.05) is 18.2 Å². The number of nitriles is 1. The van der Waals surface area contributed by atoms with Crippen LogP contribution in [-0.4, -0.2) is 22.1 Å². The Morgan fingerprint density at radius 2 is 2.04 bits per heavy atom. The van der Waals surface area contributed by atoms with Gasteiger partial charge in [0.05, 0.1) is 12.1 Å². The summed E-state index contributed by atoms with van der Waals surface area (Å²) < 4.78 is 6.93. The number of fused-ring (bicyclic) bond motifs is 1. The maximum absolute atomic E-state index is 11.9. The van der Waals surface area contributed by atoms with Gasteiger partial charge in [0.2, 0.25) is 0 Å². The minimum atomic E-state index is -0.610. The van der Waals surface area contributed by atoms with E-state index in [0.717, 1.165) is 22.2 Å². The van der Waals surface area contributed by atoms with E-state index in [2.05, 4.69) is 4.98 Å². The molecule has 0 aliphatic carbocycles. The van der Waals surface area contributed by atoms with Crippen molar-refractivity contribution in [1.29, 1.82) is 5.26 Å². The molecule has 0 aliphatic heterocycles. The minimum absolute atomic E-state index is 0.0190. The van der Waals surface area contributed by atoms with Crippen LogP contribution >= 0.6 is 0 Å². The lowest BCUT2D eigenvalue weighted by Gasteiger charge is -2.03. The molecule has 0 unspecified atom stereocenters. The highest BCUT2D eigenvalue weighted by atomic mass is 16.5. The Kier molecular flexibility index (Phi) is 4.39. The lowest BCUT2D eigenvalue weighted by atomic mass is 10.1. The Bertz CT molecular complexity index is 950. The summed E-state index contributed by atoms with van der Waals surface area (Å²) in [6, 6.07) is 13.5. The maximum atomic E-state index is 11.9. The molecular formula is C19H15N3O2. The third-order valence-corrected chi connectivity index (χ3v) is 3.60. The summed E-state index contributed by atoms with van der Waals surface area (Å²) in [6.45, 7) is 1.94. The molecule has 0 saturated carbocycles. The zero-order valence-corrected chi connectivity index (χ0v) is 13.1. The van der Waals surface area contributed by atoms with Crippen molar-refractivity contribution in [3.63, 3.8) is 0 Å². The summed E-state index contributed by atoms with van der Waals surface area (Å²) in [6.07, 6.45) is 6.91. The number of nitrogens with zero attached hydrogens (tertiary/aromatic N) is 3. The van der Waals surface area contributed by atoms with E-state index >= 15 is 0 Å². The van der Waals surface area contributed by atoms with E-state index in [-0.39, 0.29) is 12.2 Å². The van der Waals surface area contributed by atoms with Gasteiger partial charge in [-0.25, -0.2) is 4.79 Å². The van der Waals surface area contributed by atoms with Gasteiger partial charge in [-0.3, -0.25) is 4.98 Å². The van der Waals surface area contributed by atoms with Crippen LogP contribution in [0.4, 0.5) is 0 Å². The fraction of sp³-hybridized carbons (Fsp3) is 0.105. The quantitative estimate of drug-likeness (QED) is 0.419. The predicted octanol–water partition coefficient (Wildman–Crippen LogP) is 3.50. The van der Waals surface area contributed by atoms with Crippen LogP contribution in [0.15, 0.2) is 60.6 Å². The highest BCUT2D eigenvalue weighted by Crippen LogP contribution is 2.26. The Morgan fingerprint density at radius 1 is 1.29 bits per heavy atom. The molecule has 0 atom stereocenters. The summed E-state index contributed by atoms with van der Waals surface area (Å²) in [7, 11) is 0. The first kappa shape index (κ1) is 15.5.